The molecule has 1 aromatic rings. The minimum Gasteiger partial charge on any atom is -0.381 e. The van der Waals surface area contributed by atoms with E-state index in [-0.39, 0.29) is 17.2 Å². The molecule has 0 aliphatic carbocycles. The standard InChI is InChI=1S/C20H22F3N5O2S/c1-11(27-18(29)16-8-25-15(7-26-16)17(22)23)3-4-14(21)12(2)20-5-6-30-9-13(20)10-31-19(24)28-20/h3-4,7-8,13,17H,2,5-6,9-10H2,1H3,(H2,24,28)(H,27,29)/b11-3+,14-4+/t13-,20+/m0/s1. The van der Waals surface area contributed by atoms with E-state index in [9.17, 15) is 18.0 Å². The first-order valence-corrected chi connectivity index (χ1v) is 10.4. The lowest BCUT2D eigenvalue weighted by Crippen LogP contribution is -2.50. The lowest BCUT2D eigenvalue weighted by Gasteiger charge is -2.44. The Hall–Kier alpha value is -2.66. The van der Waals surface area contributed by atoms with Crippen molar-refractivity contribution < 1.29 is 22.7 Å². The summed E-state index contributed by atoms with van der Waals surface area (Å²) in [5, 5.41) is 2.89. The van der Waals surface area contributed by atoms with Crippen molar-refractivity contribution in [2.75, 3.05) is 19.0 Å². The number of allylic oxidation sites excluding steroid dienone is 3. The van der Waals surface area contributed by atoms with Crippen LogP contribution in [0.5, 0.6) is 0 Å². The van der Waals surface area contributed by atoms with Crippen molar-refractivity contribution >= 4 is 22.8 Å². The van der Waals surface area contributed by atoms with Gasteiger partial charge in [-0.25, -0.2) is 18.2 Å². The van der Waals surface area contributed by atoms with Gasteiger partial charge in [0.05, 0.1) is 24.5 Å². The first-order chi connectivity index (χ1) is 14.7. The molecular weight excluding hydrogens is 431 g/mol. The van der Waals surface area contributed by atoms with Crippen molar-refractivity contribution in [3.8, 4) is 0 Å². The third-order valence-corrected chi connectivity index (χ3v) is 6.05. The van der Waals surface area contributed by atoms with Gasteiger partial charge < -0.3 is 15.8 Å². The lowest BCUT2D eigenvalue weighted by molar-refractivity contribution is 0.0247. The van der Waals surface area contributed by atoms with Gasteiger partial charge in [0.2, 0.25) is 0 Å². The van der Waals surface area contributed by atoms with Gasteiger partial charge in [-0.05, 0) is 19.1 Å². The van der Waals surface area contributed by atoms with Gasteiger partial charge in [0, 0.05) is 36.0 Å². The van der Waals surface area contributed by atoms with Gasteiger partial charge in [-0.15, -0.1) is 0 Å². The maximum atomic E-state index is 15.0. The number of hydrogen-bond acceptors (Lipinski definition) is 7. The number of hydrogen-bond donors (Lipinski definition) is 2. The second kappa shape index (κ2) is 9.65. The molecule has 2 aliphatic rings. The Bertz CT molecular complexity index is 949. The Kier molecular flexibility index (Phi) is 7.16. The molecule has 0 radical (unpaired) electrons. The summed E-state index contributed by atoms with van der Waals surface area (Å²) in [5.41, 5.74) is 4.92. The Morgan fingerprint density at radius 3 is 2.87 bits per heavy atom. The molecule has 31 heavy (non-hydrogen) atoms. The SMILES string of the molecule is C=C(/C(F)=C\C=C(/C)NC(=O)c1cnc(C(F)F)cn1)[C@]12CCOC[C@H]1CSC(N)=N2. The molecule has 3 rings (SSSR count). The van der Waals surface area contributed by atoms with Crippen LogP contribution in [0.25, 0.3) is 0 Å². The van der Waals surface area contributed by atoms with E-state index in [0.29, 0.717) is 36.3 Å². The summed E-state index contributed by atoms with van der Waals surface area (Å²) in [5.74, 6) is -0.605. The fraction of sp³-hybridized carbons (Fsp3) is 0.400. The third kappa shape index (κ3) is 5.16. The molecule has 1 fully saturated rings. The number of fused-ring (bicyclic) bond motifs is 1. The van der Waals surface area contributed by atoms with Crippen LogP contribution in [0, 0.1) is 5.92 Å². The van der Waals surface area contributed by atoms with E-state index in [0.717, 1.165) is 12.4 Å². The summed E-state index contributed by atoms with van der Waals surface area (Å²) in [4.78, 5) is 23.8. The molecular formula is C20H22F3N5O2S. The Labute approximate surface area is 181 Å². The highest BCUT2D eigenvalue weighted by Gasteiger charge is 2.47. The lowest BCUT2D eigenvalue weighted by atomic mass is 9.75. The largest absolute Gasteiger partial charge is 0.381 e. The number of nitrogens with two attached hydrogens (primary N) is 1. The number of rotatable bonds is 6. The van der Waals surface area contributed by atoms with E-state index in [1.165, 1.54) is 23.9 Å². The van der Waals surface area contributed by atoms with Gasteiger partial charge in [0.15, 0.2) is 5.17 Å². The van der Waals surface area contributed by atoms with Gasteiger partial charge in [-0.2, -0.15) is 0 Å². The van der Waals surface area contributed by atoms with Crippen molar-refractivity contribution in [3.05, 3.63) is 59.6 Å². The summed E-state index contributed by atoms with van der Waals surface area (Å²) in [6, 6.07) is 0. The monoisotopic (exact) mass is 453 g/mol. The molecule has 2 atom stereocenters. The fourth-order valence-electron chi connectivity index (χ4n) is 3.37. The van der Waals surface area contributed by atoms with Crippen LogP contribution in [0.2, 0.25) is 0 Å². The number of carbonyl (C=O) groups excluding carboxylic acids is 1. The first kappa shape index (κ1) is 23.0. The van der Waals surface area contributed by atoms with Crippen LogP contribution >= 0.6 is 11.8 Å². The molecule has 3 heterocycles. The molecule has 0 spiro atoms. The van der Waals surface area contributed by atoms with E-state index in [2.05, 4.69) is 26.9 Å². The highest BCUT2D eigenvalue weighted by atomic mass is 32.2. The summed E-state index contributed by atoms with van der Waals surface area (Å²) >= 11 is 1.41. The molecule has 0 saturated carbocycles. The average Bonchev–Trinajstić information content (AvgIpc) is 2.76. The normalized spacial score (nSPS) is 24.4. The number of amides is 1. The van der Waals surface area contributed by atoms with Crippen LogP contribution in [0.1, 0.15) is 36.0 Å². The smallest absolute Gasteiger partial charge is 0.281 e. The van der Waals surface area contributed by atoms with Crippen molar-refractivity contribution in [3.63, 3.8) is 0 Å². The first-order valence-electron chi connectivity index (χ1n) is 9.44. The zero-order chi connectivity index (χ0) is 22.6. The van der Waals surface area contributed by atoms with Gasteiger partial charge >= 0.3 is 0 Å². The molecule has 0 unspecified atom stereocenters. The molecule has 3 N–H and O–H groups in total. The third-order valence-electron chi connectivity index (χ3n) is 5.09. The second-order valence-electron chi connectivity index (χ2n) is 7.13. The molecule has 0 aromatic carbocycles. The van der Waals surface area contributed by atoms with Crippen molar-refractivity contribution in [2.24, 2.45) is 16.6 Å². The predicted molar refractivity (Wildman–Crippen MR) is 112 cm³/mol. The Morgan fingerprint density at radius 1 is 1.42 bits per heavy atom. The van der Waals surface area contributed by atoms with Crippen LogP contribution in [-0.4, -0.2) is 45.5 Å². The zero-order valence-corrected chi connectivity index (χ0v) is 17.6. The van der Waals surface area contributed by atoms with Crippen LogP contribution in [0.3, 0.4) is 0 Å². The molecule has 1 saturated heterocycles. The number of carbonyl (C=O) groups is 1. The van der Waals surface area contributed by atoms with Gasteiger partial charge in [0.25, 0.3) is 12.3 Å². The second-order valence-corrected chi connectivity index (χ2v) is 8.17. The van der Waals surface area contributed by atoms with E-state index < -0.39 is 29.4 Å². The summed E-state index contributed by atoms with van der Waals surface area (Å²) in [6.07, 6.45) is 2.06. The highest BCUT2D eigenvalue weighted by molar-refractivity contribution is 8.13. The maximum absolute atomic E-state index is 15.0. The predicted octanol–water partition coefficient (Wildman–Crippen LogP) is 3.29. The number of aliphatic imine (C=N–C) groups is 1. The molecule has 1 amide bonds. The summed E-state index contributed by atoms with van der Waals surface area (Å²) in [7, 11) is 0. The highest BCUT2D eigenvalue weighted by Crippen LogP contribution is 2.44. The minimum absolute atomic E-state index is 0.0373. The molecule has 0 bridgehead atoms. The fourth-order valence-corrected chi connectivity index (χ4v) is 4.34. The van der Waals surface area contributed by atoms with Crippen LogP contribution < -0.4 is 11.1 Å². The number of halogens is 3. The molecule has 166 valence electrons. The van der Waals surface area contributed by atoms with Crippen molar-refractivity contribution in [1.82, 2.24) is 15.3 Å². The average molecular weight is 453 g/mol. The quantitative estimate of drug-likeness (QED) is 0.641. The number of amidine groups is 1. The van der Waals surface area contributed by atoms with Gasteiger partial charge in [0.1, 0.15) is 17.2 Å². The Morgan fingerprint density at radius 2 is 2.19 bits per heavy atom. The number of ether oxygens (including phenoxy) is 1. The summed E-state index contributed by atoms with van der Waals surface area (Å²) in [6.45, 7) is 6.36. The topological polar surface area (TPSA) is 102 Å². The zero-order valence-electron chi connectivity index (χ0n) is 16.8. The van der Waals surface area contributed by atoms with Gasteiger partial charge in [-0.1, -0.05) is 18.3 Å². The van der Waals surface area contributed by atoms with E-state index in [1.807, 2.05) is 0 Å². The van der Waals surface area contributed by atoms with Crippen molar-refractivity contribution in [2.45, 2.75) is 25.3 Å². The molecule has 2 aliphatic heterocycles. The van der Waals surface area contributed by atoms with Crippen molar-refractivity contribution in [1.29, 1.82) is 0 Å². The molecule has 11 heteroatoms. The number of nitrogens with one attached hydrogen (secondary N) is 1. The Balaban J connectivity index is 1.71. The number of aromatic nitrogens is 2. The number of nitrogens with zero attached hydrogens (tertiary/aromatic N) is 3. The van der Waals surface area contributed by atoms with E-state index >= 15 is 0 Å². The number of thioether (sulfide) groups is 1. The van der Waals surface area contributed by atoms with Crippen LogP contribution in [0.15, 0.2) is 53.2 Å². The minimum atomic E-state index is -2.77. The molecule has 1 aromatic heterocycles. The van der Waals surface area contributed by atoms with Crippen LogP contribution in [-0.2, 0) is 4.74 Å². The van der Waals surface area contributed by atoms with Gasteiger partial charge in [-0.3, -0.25) is 14.8 Å². The number of alkyl halides is 2. The maximum Gasteiger partial charge on any atom is 0.281 e. The van der Waals surface area contributed by atoms with Crippen LogP contribution in [0.4, 0.5) is 13.2 Å². The van der Waals surface area contributed by atoms with E-state index in [4.69, 9.17) is 10.5 Å². The van der Waals surface area contributed by atoms with E-state index in [1.54, 1.807) is 6.92 Å². The summed E-state index contributed by atoms with van der Waals surface area (Å²) < 4.78 is 45.5. The molecule has 7 nitrogen and oxygen atoms in total.